The predicted octanol–water partition coefficient (Wildman–Crippen LogP) is 1.48. The van der Waals surface area contributed by atoms with E-state index in [1.165, 1.54) is 6.07 Å². The fourth-order valence-corrected chi connectivity index (χ4v) is 3.17. The van der Waals surface area contributed by atoms with Gasteiger partial charge in [-0.15, -0.1) is 0 Å². The van der Waals surface area contributed by atoms with Gasteiger partial charge in [-0.25, -0.2) is 13.1 Å². The summed E-state index contributed by atoms with van der Waals surface area (Å²) in [5.41, 5.74) is 0. The number of hydrogen-bond acceptors (Lipinski definition) is 5. The van der Waals surface area contributed by atoms with Crippen molar-refractivity contribution < 1.29 is 17.6 Å². The van der Waals surface area contributed by atoms with Crippen molar-refractivity contribution in [3.05, 3.63) is 17.9 Å². The first-order valence-electron chi connectivity index (χ1n) is 7.38. The van der Waals surface area contributed by atoms with Crippen molar-refractivity contribution in [3.63, 3.8) is 0 Å². The summed E-state index contributed by atoms with van der Waals surface area (Å²) in [4.78, 5) is 0. The molecule has 0 spiro atoms. The predicted molar refractivity (Wildman–Crippen MR) is 79.4 cm³/mol. The highest BCUT2D eigenvalue weighted by molar-refractivity contribution is 7.89. The lowest BCUT2D eigenvalue weighted by Gasteiger charge is -2.10. The first kappa shape index (κ1) is 16.5. The van der Waals surface area contributed by atoms with E-state index in [1.54, 1.807) is 6.07 Å². The number of rotatable bonds is 8. The van der Waals surface area contributed by atoms with Crippen LogP contribution in [-0.2, 0) is 21.3 Å². The van der Waals surface area contributed by atoms with Gasteiger partial charge >= 0.3 is 0 Å². The van der Waals surface area contributed by atoms with Crippen LogP contribution in [0.15, 0.2) is 21.6 Å². The van der Waals surface area contributed by atoms with Gasteiger partial charge in [-0.2, -0.15) is 0 Å². The summed E-state index contributed by atoms with van der Waals surface area (Å²) in [6.07, 6.45) is 1.85. The van der Waals surface area contributed by atoms with Crippen LogP contribution in [0.25, 0.3) is 0 Å². The SMILES string of the molecule is CC(C)CNCc1ccc(S(=O)(=O)NCC2CCCO2)o1. The Kier molecular flexibility index (Phi) is 5.80. The van der Waals surface area contributed by atoms with E-state index in [9.17, 15) is 8.42 Å². The Balaban J connectivity index is 1.86. The largest absolute Gasteiger partial charge is 0.447 e. The third-order valence-electron chi connectivity index (χ3n) is 3.28. The molecule has 1 atom stereocenters. The molecule has 2 rings (SSSR count). The highest BCUT2D eigenvalue weighted by atomic mass is 32.2. The fourth-order valence-electron chi connectivity index (χ4n) is 2.16. The lowest BCUT2D eigenvalue weighted by Crippen LogP contribution is -2.31. The van der Waals surface area contributed by atoms with Gasteiger partial charge in [0.05, 0.1) is 12.6 Å². The zero-order valence-electron chi connectivity index (χ0n) is 12.6. The molecule has 1 aliphatic heterocycles. The first-order chi connectivity index (χ1) is 9.97. The van der Waals surface area contributed by atoms with Crippen molar-refractivity contribution in [1.82, 2.24) is 10.0 Å². The summed E-state index contributed by atoms with van der Waals surface area (Å²) < 4.78 is 37.5. The van der Waals surface area contributed by atoms with Crippen molar-refractivity contribution in [1.29, 1.82) is 0 Å². The van der Waals surface area contributed by atoms with Gasteiger partial charge < -0.3 is 14.5 Å². The van der Waals surface area contributed by atoms with Gasteiger partial charge in [-0.3, -0.25) is 0 Å². The van der Waals surface area contributed by atoms with E-state index >= 15 is 0 Å². The van der Waals surface area contributed by atoms with Crippen LogP contribution in [-0.4, -0.2) is 34.2 Å². The van der Waals surface area contributed by atoms with Crippen LogP contribution >= 0.6 is 0 Å². The molecule has 1 aliphatic rings. The molecular formula is C14H24N2O4S. The number of sulfonamides is 1. The molecular weight excluding hydrogens is 292 g/mol. The Morgan fingerprint density at radius 1 is 1.38 bits per heavy atom. The average Bonchev–Trinajstić information content (AvgIpc) is 3.07. The lowest BCUT2D eigenvalue weighted by atomic mass is 10.2. The second kappa shape index (κ2) is 7.40. The van der Waals surface area contributed by atoms with E-state index in [4.69, 9.17) is 9.15 Å². The first-order valence-corrected chi connectivity index (χ1v) is 8.86. The van der Waals surface area contributed by atoms with E-state index in [0.717, 1.165) is 19.4 Å². The molecule has 0 aromatic carbocycles. The highest BCUT2D eigenvalue weighted by Gasteiger charge is 2.22. The van der Waals surface area contributed by atoms with Crippen LogP contribution in [0, 0.1) is 5.92 Å². The molecule has 1 fully saturated rings. The Morgan fingerprint density at radius 3 is 2.86 bits per heavy atom. The van der Waals surface area contributed by atoms with Gasteiger partial charge in [-0.1, -0.05) is 13.8 Å². The molecule has 1 saturated heterocycles. The van der Waals surface area contributed by atoms with Crippen LogP contribution < -0.4 is 10.0 Å². The minimum absolute atomic E-state index is 0.0260. The highest BCUT2D eigenvalue weighted by Crippen LogP contribution is 2.15. The summed E-state index contributed by atoms with van der Waals surface area (Å²) in [6.45, 7) is 6.61. The smallest absolute Gasteiger partial charge is 0.274 e. The topological polar surface area (TPSA) is 80.6 Å². The number of furan rings is 1. The molecule has 120 valence electrons. The van der Waals surface area contributed by atoms with Gasteiger partial charge in [-0.05, 0) is 37.4 Å². The van der Waals surface area contributed by atoms with Crippen LogP contribution in [0.1, 0.15) is 32.4 Å². The van der Waals surface area contributed by atoms with E-state index in [-0.39, 0.29) is 11.2 Å². The molecule has 0 bridgehead atoms. The molecule has 0 amide bonds. The van der Waals surface area contributed by atoms with E-state index in [0.29, 0.717) is 31.4 Å². The van der Waals surface area contributed by atoms with Crippen LogP contribution in [0.5, 0.6) is 0 Å². The molecule has 0 saturated carbocycles. The molecule has 7 heteroatoms. The number of hydrogen-bond donors (Lipinski definition) is 2. The molecule has 2 heterocycles. The summed E-state index contributed by atoms with van der Waals surface area (Å²) >= 11 is 0. The summed E-state index contributed by atoms with van der Waals surface area (Å²) in [5, 5.41) is 3.17. The molecule has 1 aromatic heterocycles. The summed E-state index contributed by atoms with van der Waals surface area (Å²) in [7, 11) is -3.59. The Morgan fingerprint density at radius 2 is 2.19 bits per heavy atom. The fraction of sp³-hybridized carbons (Fsp3) is 0.714. The second-order valence-corrected chi connectivity index (χ2v) is 7.43. The van der Waals surface area contributed by atoms with E-state index in [2.05, 4.69) is 23.9 Å². The maximum Gasteiger partial charge on any atom is 0.274 e. The van der Waals surface area contributed by atoms with Gasteiger partial charge in [0.1, 0.15) is 5.76 Å². The van der Waals surface area contributed by atoms with Crippen LogP contribution in [0.4, 0.5) is 0 Å². The number of ether oxygens (including phenoxy) is 1. The van der Waals surface area contributed by atoms with Crippen LogP contribution in [0.2, 0.25) is 0 Å². The summed E-state index contributed by atoms with van der Waals surface area (Å²) in [5.74, 6) is 1.16. The lowest BCUT2D eigenvalue weighted by molar-refractivity contribution is 0.114. The molecule has 21 heavy (non-hydrogen) atoms. The van der Waals surface area contributed by atoms with Crippen molar-refractivity contribution >= 4 is 10.0 Å². The van der Waals surface area contributed by atoms with Crippen LogP contribution in [0.3, 0.4) is 0 Å². The van der Waals surface area contributed by atoms with Crippen molar-refractivity contribution in [2.24, 2.45) is 5.92 Å². The number of nitrogens with one attached hydrogen (secondary N) is 2. The molecule has 1 aromatic rings. The van der Waals surface area contributed by atoms with Gasteiger partial charge in [0.2, 0.25) is 5.09 Å². The third kappa shape index (κ3) is 5.10. The van der Waals surface area contributed by atoms with Crippen molar-refractivity contribution in [3.8, 4) is 0 Å². The Labute approximate surface area is 126 Å². The minimum atomic E-state index is -3.59. The molecule has 0 aliphatic carbocycles. The maximum atomic E-state index is 12.1. The van der Waals surface area contributed by atoms with Gasteiger partial charge in [0.25, 0.3) is 10.0 Å². The van der Waals surface area contributed by atoms with E-state index in [1.807, 2.05) is 0 Å². The molecule has 2 N–H and O–H groups in total. The third-order valence-corrected chi connectivity index (χ3v) is 4.57. The molecule has 0 radical (unpaired) electrons. The second-order valence-electron chi connectivity index (χ2n) is 5.73. The average molecular weight is 316 g/mol. The normalized spacial score (nSPS) is 19.5. The Hall–Kier alpha value is -0.890. The van der Waals surface area contributed by atoms with Gasteiger partial charge in [0, 0.05) is 13.2 Å². The summed E-state index contributed by atoms with van der Waals surface area (Å²) in [6, 6.07) is 3.18. The van der Waals surface area contributed by atoms with Gasteiger partial charge in [0.15, 0.2) is 0 Å². The maximum absolute atomic E-state index is 12.1. The quantitative estimate of drug-likeness (QED) is 0.759. The van der Waals surface area contributed by atoms with Crippen molar-refractivity contribution in [2.45, 2.75) is 44.4 Å². The Bertz CT molecular complexity index is 533. The molecule has 1 unspecified atom stereocenters. The van der Waals surface area contributed by atoms with E-state index < -0.39 is 10.0 Å². The standard InChI is InChI=1S/C14H24N2O4S/c1-11(2)8-15-9-13-5-6-14(20-13)21(17,18)16-10-12-4-3-7-19-12/h5-6,11-12,15-16H,3-4,7-10H2,1-2H3. The zero-order valence-corrected chi connectivity index (χ0v) is 13.4. The van der Waals surface area contributed by atoms with Crippen molar-refractivity contribution in [2.75, 3.05) is 19.7 Å². The monoisotopic (exact) mass is 316 g/mol. The minimum Gasteiger partial charge on any atom is -0.447 e. The zero-order chi connectivity index (χ0) is 15.3. The molecule has 6 nitrogen and oxygen atoms in total.